The van der Waals surface area contributed by atoms with Gasteiger partial charge in [-0.3, -0.25) is 4.79 Å². The highest BCUT2D eigenvalue weighted by atomic mass is 32.2. The topological polar surface area (TPSA) is 157 Å². The molecule has 0 aliphatic heterocycles. The van der Waals surface area contributed by atoms with E-state index in [0.717, 1.165) is 36.0 Å². The summed E-state index contributed by atoms with van der Waals surface area (Å²) in [6, 6.07) is 9.97. The monoisotopic (exact) mass is 483 g/mol. The second-order valence-corrected chi connectivity index (χ2v) is 10.1. The maximum atomic E-state index is 12.7. The quantitative estimate of drug-likeness (QED) is 0.439. The number of rotatable bonds is 8. The molecule has 34 heavy (non-hydrogen) atoms. The van der Waals surface area contributed by atoms with Gasteiger partial charge < -0.3 is 10.8 Å². The molecule has 0 saturated heterocycles. The van der Waals surface area contributed by atoms with E-state index in [0.29, 0.717) is 5.69 Å². The largest absolute Gasteiger partial charge is 0.478 e. The Labute approximate surface area is 196 Å². The van der Waals surface area contributed by atoms with Crippen molar-refractivity contribution in [2.45, 2.75) is 49.6 Å². The third kappa shape index (κ3) is 5.00. The Morgan fingerprint density at radius 1 is 1.24 bits per heavy atom. The van der Waals surface area contributed by atoms with Crippen molar-refractivity contribution in [3.63, 3.8) is 0 Å². The van der Waals surface area contributed by atoms with Crippen LogP contribution in [-0.4, -0.2) is 46.4 Å². The molecule has 2 aromatic carbocycles. The number of carboxylic acid groups (broad SMARTS) is 1. The number of sulfonamides is 1. The summed E-state index contributed by atoms with van der Waals surface area (Å²) in [7, 11) is -3.96. The van der Waals surface area contributed by atoms with Crippen LogP contribution in [0.1, 0.15) is 51.6 Å². The smallest absolute Gasteiger partial charge is 0.335 e. The van der Waals surface area contributed by atoms with Gasteiger partial charge in [-0.25, -0.2) is 17.9 Å². The van der Waals surface area contributed by atoms with Crippen LogP contribution in [0.2, 0.25) is 0 Å². The summed E-state index contributed by atoms with van der Waals surface area (Å²) >= 11 is 0. The van der Waals surface area contributed by atoms with Crippen LogP contribution in [-0.2, 0) is 27.7 Å². The van der Waals surface area contributed by atoms with Crippen molar-refractivity contribution in [1.82, 2.24) is 19.7 Å². The zero-order chi connectivity index (χ0) is 24.5. The number of carbonyl (C=O) groups excluding carboxylic acids is 1. The van der Waals surface area contributed by atoms with Gasteiger partial charge in [-0.2, -0.15) is 4.72 Å². The second-order valence-electron chi connectivity index (χ2n) is 8.41. The minimum Gasteiger partial charge on any atom is -0.478 e. The molecule has 178 valence electrons. The maximum absolute atomic E-state index is 12.7. The molecule has 1 aromatic heterocycles. The molecule has 10 nitrogen and oxygen atoms in total. The number of benzene rings is 2. The van der Waals surface area contributed by atoms with E-state index in [9.17, 15) is 23.1 Å². The number of nitrogens with two attached hydrogens (primary N) is 1. The zero-order valence-electron chi connectivity index (χ0n) is 18.5. The molecule has 3 aromatic rings. The Kier molecular flexibility index (Phi) is 6.49. The highest BCUT2D eigenvalue weighted by Crippen LogP contribution is 2.33. The summed E-state index contributed by atoms with van der Waals surface area (Å²) in [6.45, 7) is 1.84. The molecule has 2 atom stereocenters. The Morgan fingerprint density at radius 3 is 2.65 bits per heavy atom. The molecule has 4 rings (SSSR count). The summed E-state index contributed by atoms with van der Waals surface area (Å²) in [6.07, 6.45) is 4.04. The summed E-state index contributed by atoms with van der Waals surface area (Å²) in [5.74, 6) is -1.80. The number of hydrogen-bond donors (Lipinski definition) is 3. The highest BCUT2D eigenvalue weighted by Gasteiger charge is 2.27. The van der Waals surface area contributed by atoms with Crippen molar-refractivity contribution in [2.24, 2.45) is 5.73 Å². The molecule has 0 radical (unpaired) electrons. The summed E-state index contributed by atoms with van der Waals surface area (Å²) in [5.41, 5.74) is 8.96. The van der Waals surface area contributed by atoms with Crippen LogP contribution in [0.5, 0.6) is 0 Å². The summed E-state index contributed by atoms with van der Waals surface area (Å²) < 4.78 is 29.5. The van der Waals surface area contributed by atoms with Crippen molar-refractivity contribution in [1.29, 1.82) is 0 Å². The molecule has 0 bridgehead atoms. The molecule has 0 fully saturated rings. The Bertz CT molecular complexity index is 1330. The van der Waals surface area contributed by atoms with Gasteiger partial charge in [-0.1, -0.05) is 29.0 Å². The molecule has 0 unspecified atom stereocenters. The Hall–Kier alpha value is -3.57. The molecule has 11 heteroatoms. The first-order valence-corrected chi connectivity index (χ1v) is 12.3. The summed E-state index contributed by atoms with van der Waals surface area (Å²) in [4.78, 5) is 23.3. The van der Waals surface area contributed by atoms with E-state index in [-0.39, 0.29) is 22.9 Å². The number of aryl methyl sites for hydroxylation is 2. The van der Waals surface area contributed by atoms with Gasteiger partial charge in [0.1, 0.15) is 6.04 Å². The van der Waals surface area contributed by atoms with Crippen LogP contribution in [0.15, 0.2) is 53.6 Å². The number of nitrogens with zero attached hydrogens (tertiary/aromatic N) is 3. The lowest BCUT2D eigenvalue weighted by molar-refractivity contribution is -0.119. The Balaban J connectivity index is 1.53. The molecule has 1 heterocycles. The van der Waals surface area contributed by atoms with E-state index in [2.05, 4.69) is 15.0 Å². The number of aromatic nitrogens is 3. The fourth-order valence-electron chi connectivity index (χ4n) is 4.14. The normalized spacial score (nSPS) is 16.6. The number of fused-ring (bicyclic) bond motifs is 1. The lowest BCUT2D eigenvalue weighted by Gasteiger charge is -2.25. The maximum Gasteiger partial charge on any atom is 0.335 e. The van der Waals surface area contributed by atoms with Crippen molar-refractivity contribution in [3.8, 4) is 0 Å². The number of carboxylic acids is 1. The van der Waals surface area contributed by atoms with E-state index in [1.807, 2.05) is 6.92 Å². The standard InChI is InChI=1S/C23H25N5O5S/c1-14-5-8-18(9-6-14)34(32,33)26-20(22(24)29)12-17-13-28(27-25-17)21-4-2-3-15-11-16(23(30)31)7-10-19(15)21/h5-11,13,20-21,26H,2-4,12H2,1H3,(H2,24,29)(H,30,31)/t20-,21-/m1/s1. The number of nitrogens with one attached hydrogen (secondary N) is 1. The lowest BCUT2D eigenvalue weighted by Crippen LogP contribution is -2.45. The lowest BCUT2D eigenvalue weighted by atomic mass is 9.86. The van der Waals surface area contributed by atoms with Gasteiger partial charge in [-0.05, 0) is 61.6 Å². The van der Waals surface area contributed by atoms with Crippen molar-refractivity contribution >= 4 is 21.9 Å². The van der Waals surface area contributed by atoms with Crippen LogP contribution >= 0.6 is 0 Å². The van der Waals surface area contributed by atoms with E-state index >= 15 is 0 Å². The van der Waals surface area contributed by atoms with Gasteiger partial charge in [0, 0.05) is 12.6 Å². The minimum absolute atomic E-state index is 0.0348. The van der Waals surface area contributed by atoms with Gasteiger partial charge in [0.15, 0.2) is 0 Å². The molecular weight excluding hydrogens is 458 g/mol. The third-order valence-corrected chi connectivity index (χ3v) is 7.42. The van der Waals surface area contributed by atoms with Gasteiger partial charge >= 0.3 is 5.97 Å². The Morgan fingerprint density at radius 2 is 1.97 bits per heavy atom. The van der Waals surface area contributed by atoms with Crippen LogP contribution in [0.25, 0.3) is 0 Å². The van der Waals surface area contributed by atoms with E-state index in [1.54, 1.807) is 41.2 Å². The first-order valence-electron chi connectivity index (χ1n) is 10.8. The molecule has 1 aliphatic rings. The van der Waals surface area contributed by atoms with Crippen LogP contribution in [0.3, 0.4) is 0 Å². The minimum atomic E-state index is -3.96. The first-order chi connectivity index (χ1) is 16.1. The number of amides is 1. The van der Waals surface area contributed by atoms with E-state index in [1.165, 1.54) is 12.1 Å². The predicted molar refractivity (Wildman–Crippen MR) is 123 cm³/mol. The van der Waals surface area contributed by atoms with Crippen molar-refractivity contribution in [2.75, 3.05) is 0 Å². The third-order valence-electron chi connectivity index (χ3n) is 5.94. The molecule has 4 N–H and O–H groups in total. The number of hydrogen-bond acceptors (Lipinski definition) is 6. The highest BCUT2D eigenvalue weighted by molar-refractivity contribution is 7.89. The van der Waals surface area contributed by atoms with Crippen molar-refractivity contribution < 1.29 is 23.1 Å². The summed E-state index contributed by atoms with van der Waals surface area (Å²) in [5, 5.41) is 17.6. The van der Waals surface area contributed by atoms with E-state index < -0.39 is 27.9 Å². The van der Waals surface area contributed by atoms with Gasteiger partial charge in [0.05, 0.1) is 22.2 Å². The van der Waals surface area contributed by atoms with Crippen LogP contribution in [0.4, 0.5) is 0 Å². The molecule has 0 spiro atoms. The molecule has 1 aliphatic carbocycles. The predicted octanol–water partition coefficient (Wildman–Crippen LogP) is 1.59. The number of carbonyl (C=O) groups is 2. The SMILES string of the molecule is Cc1ccc(S(=O)(=O)N[C@H](Cc2cn([C@@H]3CCCc4cc(C(=O)O)ccc43)nn2)C(N)=O)cc1. The van der Waals surface area contributed by atoms with Crippen LogP contribution in [0, 0.1) is 6.92 Å². The molecule has 1 amide bonds. The second kappa shape index (κ2) is 9.35. The van der Waals surface area contributed by atoms with E-state index in [4.69, 9.17) is 5.73 Å². The number of aromatic carboxylic acids is 1. The van der Waals surface area contributed by atoms with Gasteiger partial charge in [0.25, 0.3) is 0 Å². The molecule has 0 saturated carbocycles. The first kappa shape index (κ1) is 23.6. The number of primary amides is 1. The fraction of sp³-hybridized carbons (Fsp3) is 0.304. The molecular formula is C23H25N5O5S. The average molecular weight is 484 g/mol. The fourth-order valence-corrected chi connectivity index (χ4v) is 5.34. The van der Waals surface area contributed by atoms with Crippen LogP contribution < -0.4 is 10.5 Å². The van der Waals surface area contributed by atoms with Gasteiger partial charge in [0.2, 0.25) is 15.9 Å². The van der Waals surface area contributed by atoms with Gasteiger partial charge in [-0.15, -0.1) is 5.10 Å². The average Bonchev–Trinajstić information content (AvgIpc) is 3.26. The zero-order valence-corrected chi connectivity index (χ0v) is 19.3. The van der Waals surface area contributed by atoms with Crippen molar-refractivity contribution in [3.05, 3.63) is 76.6 Å².